The number of benzene rings is 1. The van der Waals surface area contributed by atoms with E-state index in [0.29, 0.717) is 0 Å². The molecule has 0 saturated carbocycles. The van der Waals surface area contributed by atoms with E-state index in [-0.39, 0.29) is 0 Å². The van der Waals surface area contributed by atoms with Crippen LogP contribution in [-0.4, -0.2) is 9.55 Å². The summed E-state index contributed by atoms with van der Waals surface area (Å²) in [7, 11) is 0. The Morgan fingerprint density at radius 2 is 1.89 bits per heavy atom. The molecule has 2 aromatic heterocycles. The minimum atomic E-state index is 0.771. The molecule has 0 bridgehead atoms. The molecule has 0 saturated heterocycles. The van der Waals surface area contributed by atoms with Crippen LogP contribution in [0.25, 0.3) is 21.9 Å². The van der Waals surface area contributed by atoms with Crippen LogP contribution in [0.2, 0.25) is 0 Å². The molecule has 3 rings (SSSR count). The predicted octanol–water partition coefficient (Wildman–Crippen LogP) is 4.63. The average Bonchev–Trinajstić information content (AvgIpc) is 2.79. The first-order chi connectivity index (χ1) is 9.31. The van der Waals surface area contributed by atoms with E-state index in [2.05, 4.69) is 53.7 Å². The summed E-state index contributed by atoms with van der Waals surface area (Å²) in [6.07, 6.45) is 4.35. The molecule has 0 spiro atoms. The normalized spacial score (nSPS) is 13.2. The Morgan fingerprint density at radius 3 is 2.74 bits per heavy atom. The van der Waals surface area contributed by atoms with Crippen LogP contribution in [0, 0.1) is 5.92 Å². The van der Waals surface area contributed by atoms with Crippen LogP contribution in [0.15, 0.2) is 42.6 Å². The molecule has 0 aliphatic carbocycles. The summed E-state index contributed by atoms with van der Waals surface area (Å²) in [6.45, 7) is 5.66. The van der Waals surface area contributed by atoms with E-state index in [1.165, 1.54) is 29.3 Å². The highest BCUT2D eigenvalue weighted by molar-refractivity contribution is 6.05. The van der Waals surface area contributed by atoms with Crippen LogP contribution in [0.3, 0.4) is 0 Å². The van der Waals surface area contributed by atoms with Crippen molar-refractivity contribution < 1.29 is 0 Å². The smallest absolute Gasteiger partial charge is 0.0959 e. The lowest BCUT2D eigenvalue weighted by Crippen LogP contribution is -2.02. The van der Waals surface area contributed by atoms with Crippen molar-refractivity contribution in [3.05, 3.63) is 42.6 Å². The van der Waals surface area contributed by atoms with Crippen LogP contribution in [-0.2, 0) is 6.54 Å². The van der Waals surface area contributed by atoms with Gasteiger partial charge in [0.25, 0.3) is 0 Å². The lowest BCUT2D eigenvalue weighted by molar-refractivity contribution is 0.478. The van der Waals surface area contributed by atoms with Crippen molar-refractivity contribution in [2.75, 3.05) is 0 Å². The van der Waals surface area contributed by atoms with Gasteiger partial charge in [-0.3, -0.25) is 4.98 Å². The van der Waals surface area contributed by atoms with Crippen molar-refractivity contribution in [2.45, 2.75) is 33.2 Å². The van der Waals surface area contributed by atoms with Gasteiger partial charge >= 0.3 is 0 Å². The minimum Gasteiger partial charge on any atom is -0.339 e. The highest BCUT2D eigenvalue weighted by Gasteiger charge is 2.11. The van der Waals surface area contributed by atoms with E-state index in [1.807, 2.05) is 12.3 Å². The van der Waals surface area contributed by atoms with Crippen LogP contribution in [0.4, 0.5) is 0 Å². The molecule has 2 heterocycles. The molecule has 0 fully saturated rings. The van der Waals surface area contributed by atoms with Crippen molar-refractivity contribution in [3.63, 3.8) is 0 Å². The number of nitrogens with zero attached hydrogens (tertiary/aromatic N) is 2. The molecule has 0 aliphatic heterocycles. The summed E-state index contributed by atoms with van der Waals surface area (Å²) in [6, 6.07) is 12.8. The number of aryl methyl sites for hydroxylation is 1. The molecule has 0 aliphatic rings. The molecule has 1 atom stereocenters. The maximum atomic E-state index is 4.56. The molecule has 1 aromatic carbocycles. The van der Waals surface area contributed by atoms with Gasteiger partial charge in [-0.15, -0.1) is 0 Å². The molecule has 1 unspecified atom stereocenters. The molecule has 3 aromatic rings. The van der Waals surface area contributed by atoms with E-state index in [4.69, 9.17) is 0 Å². The summed E-state index contributed by atoms with van der Waals surface area (Å²) in [4.78, 5) is 4.56. The van der Waals surface area contributed by atoms with E-state index in [9.17, 15) is 0 Å². The van der Waals surface area contributed by atoms with Gasteiger partial charge in [-0.2, -0.15) is 0 Å². The van der Waals surface area contributed by atoms with Crippen LogP contribution >= 0.6 is 0 Å². The second-order valence-corrected chi connectivity index (χ2v) is 5.34. The highest BCUT2D eigenvalue weighted by atomic mass is 15.0. The van der Waals surface area contributed by atoms with Gasteiger partial charge in [0.05, 0.1) is 16.6 Å². The first-order valence-corrected chi connectivity index (χ1v) is 7.13. The lowest BCUT2D eigenvalue weighted by Gasteiger charge is -2.11. The van der Waals surface area contributed by atoms with Gasteiger partial charge < -0.3 is 4.57 Å². The summed E-state index contributed by atoms with van der Waals surface area (Å²) in [5.74, 6) is 0.771. The zero-order valence-corrected chi connectivity index (χ0v) is 11.6. The zero-order chi connectivity index (χ0) is 13.2. The average molecular weight is 252 g/mol. The molecule has 2 nitrogen and oxygen atoms in total. The highest BCUT2D eigenvalue weighted by Crippen LogP contribution is 2.27. The second kappa shape index (κ2) is 5.04. The molecular weight excluding hydrogens is 232 g/mol. The lowest BCUT2D eigenvalue weighted by atomic mass is 10.1. The van der Waals surface area contributed by atoms with E-state index >= 15 is 0 Å². The van der Waals surface area contributed by atoms with Gasteiger partial charge in [-0.1, -0.05) is 38.5 Å². The molecule has 0 N–H and O–H groups in total. The van der Waals surface area contributed by atoms with Gasteiger partial charge in [-0.05, 0) is 30.5 Å². The minimum absolute atomic E-state index is 0.771. The Labute approximate surface area is 114 Å². The monoisotopic (exact) mass is 252 g/mol. The van der Waals surface area contributed by atoms with Gasteiger partial charge in [0.2, 0.25) is 0 Å². The maximum absolute atomic E-state index is 4.56. The fraction of sp³-hybridized carbons (Fsp3) is 0.353. The van der Waals surface area contributed by atoms with E-state index in [1.54, 1.807) is 0 Å². The molecule has 0 radical (unpaired) electrons. The van der Waals surface area contributed by atoms with Gasteiger partial charge in [0, 0.05) is 18.1 Å². The van der Waals surface area contributed by atoms with Crippen molar-refractivity contribution in [1.82, 2.24) is 9.55 Å². The Kier molecular flexibility index (Phi) is 3.24. The third-order valence-corrected chi connectivity index (χ3v) is 4.07. The van der Waals surface area contributed by atoms with Crippen molar-refractivity contribution in [2.24, 2.45) is 5.92 Å². The van der Waals surface area contributed by atoms with Gasteiger partial charge in [-0.25, -0.2) is 0 Å². The van der Waals surface area contributed by atoms with Crippen LogP contribution < -0.4 is 0 Å². The fourth-order valence-electron chi connectivity index (χ4n) is 2.66. The predicted molar refractivity (Wildman–Crippen MR) is 81.3 cm³/mol. The summed E-state index contributed by atoms with van der Waals surface area (Å²) >= 11 is 0. The Hall–Kier alpha value is -1.83. The largest absolute Gasteiger partial charge is 0.339 e. The van der Waals surface area contributed by atoms with Crippen molar-refractivity contribution >= 4 is 21.9 Å². The molecular formula is C17H20N2. The number of rotatable bonds is 4. The summed E-state index contributed by atoms with van der Waals surface area (Å²) in [5, 5.41) is 1.27. The maximum Gasteiger partial charge on any atom is 0.0959 e. The third-order valence-electron chi connectivity index (χ3n) is 4.07. The quantitative estimate of drug-likeness (QED) is 0.662. The number of para-hydroxylation sites is 1. The first kappa shape index (κ1) is 12.2. The van der Waals surface area contributed by atoms with E-state index < -0.39 is 0 Å². The fourth-order valence-corrected chi connectivity index (χ4v) is 2.66. The number of pyridine rings is 1. The molecule has 2 heteroatoms. The number of fused-ring (bicyclic) bond motifs is 3. The van der Waals surface area contributed by atoms with Crippen molar-refractivity contribution in [1.29, 1.82) is 0 Å². The number of hydrogen-bond donors (Lipinski definition) is 0. The van der Waals surface area contributed by atoms with Gasteiger partial charge in [0.1, 0.15) is 0 Å². The van der Waals surface area contributed by atoms with E-state index in [0.717, 1.165) is 18.0 Å². The number of aromatic nitrogens is 2. The Balaban J connectivity index is 2.14. The zero-order valence-electron chi connectivity index (χ0n) is 11.6. The Bertz CT molecular complexity index is 643. The topological polar surface area (TPSA) is 17.8 Å². The number of hydrogen-bond acceptors (Lipinski definition) is 1. The summed E-state index contributed by atoms with van der Waals surface area (Å²) in [5.41, 5.74) is 3.69. The Morgan fingerprint density at radius 1 is 1.11 bits per heavy atom. The standard InChI is InChI=1S/C17H20N2/c1-3-13(2)10-12-19-15-8-5-4-7-14(15)17-16(19)9-6-11-18-17/h4-9,11,13H,3,10,12H2,1-2H3. The molecule has 0 amide bonds. The van der Waals surface area contributed by atoms with Crippen molar-refractivity contribution in [3.8, 4) is 0 Å². The second-order valence-electron chi connectivity index (χ2n) is 5.34. The van der Waals surface area contributed by atoms with Crippen LogP contribution in [0.1, 0.15) is 26.7 Å². The SMILES string of the molecule is CCC(C)CCn1c2ccccc2c2ncccc21. The van der Waals surface area contributed by atoms with Gasteiger partial charge in [0.15, 0.2) is 0 Å². The first-order valence-electron chi connectivity index (χ1n) is 7.13. The summed E-state index contributed by atoms with van der Waals surface area (Å²) < 4.78 is 2.42. The van der Waals surface area contributed by atoms with Crippen LogP contribution in [0.5, 0.6) is 0 Å². The molecule has 19 heavy (non-hydrogen) atoms. The molecule has 98 valence electrons. The third kappa shape index (κ3) is 2.12.